The van der Waals surface area contributed by atoms with Gasteiger partial charge in [-0.25, -0.2) is 4.98 Å². The molecule has 1 aromatic heterocycles. The van der Waals surface area contributed by atoms with Gasteiger partial charge in [-0.15, -0.1) is 11.3 Å². The Morgan fingerprint density at radius 1 is 1.09 bits per heavy atom. The molecule has 0 saturated carbocycles. The quantitative estimate of drug-likeness (QED) is 0.114. The molecule has 0 fully saturated rings. The second kappa shape index (κ2) is 17.8. The maximum Gasteiger partial charge on any atom is 0.183 e. The first-order valence-electron chi connectivity index (χ1n) is 12.5. The zero-order valence-corrected chi connectivity index (χ0v) is 23.5. The highest BCUT2D eigenvalue weighted by atomic mass is 32.2. The summed E-state index contributed by atoms with van der Waals surface area (Å²) >= 11 is 8.65. The maximum atomic E-state index is 5.89. The zero-order chi connectivity index (χ0) is 23.8. The Bertz CT molecular complexity index is 628. The molecular weight excluding hydrogens is 451 g/mol. The molecule has 0 aliphatic heterocycles. The number of nitrogens with zero attached hydrogens (tertiary/aromatic N) is 1. The van der Waals surface area contributed by atoms with Gasteiger partial charge in [-0.2, -0.15) is 11.8 Å². The number of anilines is 1. The molecule has 0 aliphatic carbocycles. The van der Waals surface area contributed by atoms with E-state index in [4.69, 9.17) is 18.0 Å². The molecule has 3 unspecified atom stereocenters. The van der Waals surface area contributed by atoms with Gasteiger partial charge in [-0.1, -0.05) is 96.5 Å². The molecule has 0 saturated heterocycles. The van der Waals surface area contributed by atoms with Gasteiger partial charge in [0.2, 0.25) is 0 Å². The van der Waals surface area contributed by atoms with E-state index in [9.17, 15) is 0 Å². The summed E-state index contributed by atoms with van der Waals surface area (Å²) < 4.78 is 0. The number of thiazole rings is 1. The van der Waals surface area contributed by atoms with Crippen molar-refractivity contribution in [3.8, 4) is 0 Å². The fourth-order valence-corrected chi connectivity index (χ4v) is 5.70. The van der Waals surface area contributed by atoms with Crippen LogP contribution in [0.1, 0.15) is 92.4 Å². The molecule has 0 bridgehead atoms. The maximum absolute atomic E-state index is 5.89. The minimum Gasteiger partial charge on any atom is -0.392 e. The van der Waals surface area contributed by atoms with Gasteiger partial charge in [0.15, 0.2) is 5.13 Å². The second-order valence-corrected chi connectivity index (χ2v) is 12.3. The smallest absolute Gasteiger partial charge is 0.183 e. The lowest BCUT2D eigenvalue weighted by Gasteiger charge is -2.16. The molecule has 6 heteroatoms. The Hall–Kier alpha value is -0.590. The van der Waals surface area contributed by atoms with Crippen molar-refractivity contribution in [2.24, 2.45) is 23.5 Å². The molecule has 3 nitrogen and oxygen atoms in total. The van der Waals surface area contributed by atoms with Crippen LogP contribution in [0.4, 0.5) is 5.13 Å². The van der Waals surface area contributed by atoms with E-state index in [0.717, 1.165) is 34.4 Å². The summed E-state index contributed by atoms with van der Waals surface area (Å²) in [5.74, 6) is 4.47. The van der Waals surface area contributed by atoms with Gasteiger partial charge in [-0.05, 0) is 37.5 Å². The van der Waals surface area contributed by atoms with Crippen LogP contribution in [0.5, 0.6) is 0 Å². The van der Waals surface area contributed by atoms with Gasteiger partial charge in [0.05, 0.1) is 11.0 Å². The molecule has 0 radical (unpaired) electrons. The summed E-state index contributed by atoms with van der Waals surface area (Å²) in [7, 11) is 0. The molecule has 0 aromatic carbocycles. The van der Waals surface area contributed by atoms with E-state index >= 15 is 0 Å². The molecule has 0 amide bonds. The lowest BCUT2D eigenvalue weighted by atomic mass is 9.91. The average Bonchev–Trinajstić information content (AvgIpc) is 3.23. The Labute approximate surface area is 211 Å². The van der Waals surface area contributed by atoms with Gasteiger partial charge >= 0.3 is 0 Å². The highest BCUT2D eigenvalue weighted by Gasteiger charge is 2.12. The van der Waals surface area contributed by atoms with Crippen molar-refractivity contribution in [3.63, 3.8) is 0 Å². The Morgan fingerprint density at radius 3 is 2.28 bits per heavy atom. The number of nitrogens with two attached hydrogens (primary N) is 1. The number of nitrogens with one attached hydrogen (secondary N) is 1. The number of rotatable bonds is 19. The summed E-state index contributed by atoms with van der Waals surface area (Å²) in [4.78, 5) is 4.76. The number of thioether (sulfide) groups is 1. The van der Waals surface area contributed by atoms with Gasteiger partial charge < -0.3 is 11.1 Å². The summed E-state index contributed by atoms with van der Waals surface area (Å²) in [6.07, 6.45) is 16.4. The van der Waals surface area contributed by atoms with Crippen LogP contribution in [0, 0.1) is 17.8 Å². The summed E-state index contributed by atoms with van der Waals surface area (Å²) in [6.45, 7) is 11.8. The predicted octanol–water partition coefficient (Wildman–Crippen LogP) is 8.33. The van der Waals surface area contributed by atoms with E-state index in [-0.39, 0.29) is 6.04 Å². The monoisotopic (exact) mass is 497 g/mol. The highest BCUT2D eigenvalue weighted by Crippen LogP contribution is 2.22. The molecule has 0 aliphatic rings. The third-order valence-corrected chi connectivity index (χ3v) is 8.01. The van der Waals surface area contributed by atoms with E-state index in [1.54, 1.807) is 17.5 Å². The predicted molar refractivity (Wildman–Crippen MR) is 152 cm³/mol. The first-order chi connectivity index (χ1) is 15.3. The van der Waals surface area contributed by atoms with Crippen molar-refractivity contribution in [2.45, 2.75) is 98.4 Å². The Kier molecular flexibility index (Phi) is 16.4. The zero-order valence-electron chi connectivity index (χ0n) is 21.1. The number of hydrogen-bond donors (Lipinski definition) is 2. The van der Waals surface area contributed by atoms with Crippen LogP contribution in [-0.2, 0) is 0 Å². The first-order valence-corrected chi connectivity index (χ1v) is 14.9. The van der Waals surface area contributed by atoms with E-state index in [1.807, 2.05) is 17.1 Å². The van der Waals surface area contributed by atoms with Crippen LogP contribution < -0.4 is 11.1 Å². The molecule has 3 atom stereocenters. The van der Waals surface area contributed by atoms with E-state index in [0.29, 0.717) is 4.99 Å². The van der Waals surface area contributed by atoms with E-state index in [1.165, 1.54) is 63.4 Å². The van der Waals surface area contributed by atoms with Gasteiger partial charge in [-0.3, -0.25) is 0 Å². The lowest BCUT2D eigenvalue weighted by molar-refractivity contribution is 0.389. The average molecular weight is 498 g/mol. The summed E-state index contributed by atoms with van der Waals surface area (Å²) in [5, 5.41) is 6.16. The largest absolute Gasteiger partial charge is 0.392 e. The van der Waals surface area contributed by atoms with Gasteiger partial charge in [0, 0.05) is 23.1 Å². The molecule has 32 heavy (non-hydrogen) atoms. The molecule has 3 N–H and O–H groups in total. The van der Waals surface area contributed by atoms with E-state index in [2.05, 4.69) is 51.0 Å². The third-order valence-electron chi connectivity index (χ3n) is 6.05. The second-order valence-electron chi connectivity index (χ2n) is 9.88. The number of thiocarbonyl (C=S) groups is 1. The van der Waals surface area contributed by atoms with Crippen molar-refractivity contribution in [1.82, 2.24) is 4.98 Å². The van der Waals surface area contributed by atoms with Crippen molar-refractivity contribution in [1.29, 1.82) is 0 Å². The molecule has 1 rings (SSSR count). The normalized spacial score (nSPS) is 15.0. The highest BCUT2D eigenvalue weighted by molar-refractivity contribution is 7.99. The van der Waals surface area contributed by atoms with Crippen LogP contribution in [0.25, 0.3) is 0 Å². The third kappa shape index (κ3) is 15.3. The van der Waals surface area contributed by atoms with Crippen LogP contribution in [-0.4, -0.2) is 27.5 Å². The topological polar surface area (TPSA) is 50.9 Å². The molecule has 0 spiro atoms. The van der Waals surface area contributed by atoms with Crippen molar-refractivity contribution in [3.05, 3.63) is 23.2 Å². The van der Waals surface area contributed by atoms with Crippen molar-refractivity contribution in [2.75, 3.05) is 16.8 Å². The lowest BCUT2D eigenvalue weighted by Crippen LogP contribution is -2.36. The fourth-order valence-electron chi connectivity index (χ4n) is 3.84. The van der Waals surface area contributed by atoms with Gasteiger partial charge in [0.1, 0.15) is 0 Å². The number of allylic oxidation sites excluding steroid dienone is 1. The molecule has 184 valence electrons. The minimum atomic E-state index is -0.00590. The minimum absolute atomic E-state index is 0.00590. The standard InChI is InChI=1S/C26H47N3S3/c1-20(2)9-6-10-21(3)11-7-12-22(4)13-8-14-23(5)15-17-31-19-24(25(27)30)29-26-28-16-18-32-26/h15-16,18,20-22,24H,6-14,17,19H2,1-5H3,(H2,27,30)(H,28,29). The molecular formula is C26H47N3S3. The number of aromatic nitrogens is 1. The van der Waals surface area contributed by atoms with Crippen molar-refractivity contribution >= 4 is 45.4 Å². The van der Waals surface area contributed by atoms with Gasteiger partial charge in [0.25, 0.3) is 0 Å². The fraction of sp³-hybridized carbons (Fsp3) is 0.769. The first kappa shape index (κ1) is 29.4. The summed E-state index contributed by atoms with van der Waals surface area (Å²) in [5.41, 5.74) is 7.39. The Morgan fingerprint density at radius 2 is 1.72 bits per heavy atom. The Balaban J connectivity index is 2.10. The molecule has 1 heterocycles. The molecule has 1 aromatic rings. The SMILES string of the molecule is CC(=CCSCC(Nc1nccs1)C(N)=S)CCCC(C)CCCC(C)CCCC(C)C. The van der Waals surface area contributed by atoms with Crippen LogP contribution in [0.2, 0.25) is 0 Å². The van der Waals surface area contributed by atoms with Crippen molar-refractivity contribution < 1.29 is 0 Å². The van der Waals surface area contributed by atoms with Crippen LogP contribution >= 0.6 is 35.3 Å². The number of hydrogen-bond acceptors (Lipinski definition) is 5. The van der Waals surface area contributed by atoms with Crippen LogP contribution in [0.15, 0.2) is 23.2 Å². The van der Waals surface area contributed by atoms with E-state index < -0.39 is 0 Å². The van der Waals surface area contributed by atoms with Crippen LogP contribution in [0.3, 0.4) is 0 Å². The summed E-state index contributed by atoms with van der Waals surface area (Å²) in [6, 6.07) is -0.00590.